The first-order valence-corrected chi connectivity index (χ1v) is 6.72. The van der Waals surface area contributed by atoms with Gasteiger partial charge >= 0.3 is 0 Å². The van der Waals surface area contributed by atoms with E-state index in [9.17, 15) is 20.4 Å². The maximum Gasteiger partial charge on any atom is 0.126 e. The van der Waals surface area contributed by atoms with E-state index in [0.29, 0.717) is 5.69 Å². The van der Waals surface area contributed by atoms with Crippen LogP contribution in [0, 0.1) is 0 Å². The van der Waals surface area contributed by atoms with Crippen LogP contribution in [0.15, 0.2) is 12.4 Å². The summed E-state index contributed by atoms with van der Waals surface area (Å²) in [6.07, 6.45) is -3.55. The summed E-state index contributed by atoms with van der Waals surface area (Å²) in [4.78, 5) is 7.95. The Kier molecular flexibility index (Phi) is 7.76. The van der Waals surface area contributed by atoms with Gasteiger partial charge < -0.3 is 35.4 Å². The minimum atomic E-state index is -1.59. The second-order valence-electron chi connectivity index (χ2n) is 4.85. The average Bonchev–Trinajstić information content (AvgIpc) is 2.57. The van der Waals surface area contributed by atoms with Gasteiger partial charge in [0.1, 0.15) is 24.4 Å². The van der Waals surface area contributed by atoms with Crippen molar-refractivity contribution in [2.45, 2.75) is 36.9 Å². The van der Waals surface area contributed by atoms with Crippen molar-refractivity contribution in [2.75, 3.05) is 20.3 Å². The van der Waals surface area contributed by atoms with Gasteiger partial charge in [-0.2, -0.15) is 0 Å². The molecule has 0 radical (unpaired) electrons. The second-order valence-corrected chi connectivity index (χ2v) is 4.85. The van der Waals surface area contributed by atoms with Crippen molar-refractivity contribution in [1.82, 2.24) is 9.97 Å². The highest BCUT2D eigenvalue weighted by Gasteiger charge is 2.27. The van der Waals surface area contributed by atoms with Crippen LogP contribution in [0.25, 0.3) is 0 Å². The zero-order chi connectivity index (χ0) is 16.7. The Hall–Kier alpha value is -1.20. The van der Waals surface area contributed by atoms with Crippen LogP contribution in [-0.2, 0) is 11.2 Å². The summed E-state index contributed by atoms with van der Waals surface area (Å²) in [5, 5.41) is 55.8. The highest BCUT2D eigenvalue weighted by atomic mass is 16.5. The quantitative estimate of drug-likeness (QED) is 0.282. The molecule has 9 nitrogen and oxygen atoms in total. The number of ether oxygens (including phenoxy) is 1. The normalized spacial score (nSPS) is 18.5. The van der Waals surface area contributed by atoms with Gasteiger partial charge in [-0.1, -0.05) is 0 Å². The number of aliphatic hydroxyl groups excluding tert-OH is 6. The monoisotopic (exact) mass is 318 g/mol. The third kappa shape index (κ3) is 4.92. The van der Waals surface area contributed by atoms with Crippen molar-refractivity contribution < 1.29 is 35.4 Å². The van der Waals surface area contributed by atoms with E-state index < -0.39 is 43.7 Å². The molecule has 0 bridgehead atoms. The molecule has 0 aromatic carbocycles. The SMILES string of the molecule is CO[C@@H](Cc1cnc([C@@H](O)[C@H](O)[C@H](O)CO)cn1)[C@H](O)CO. The molecule has 0 saturated heterocycles. The number of hydrogen-bond acceptors (Lipinski definition) is 9. The fourth-order valence-electron chi connectivity index (χ4n) is 1.82. The van der Waals surface area contributed by atoms with Gasteiger partial charge in [-0.3, -0.25) is 9.97 Å². The third-order valence-electron chi connectivity index (χ3n) is 3.26. The summed E-state index contributed by atoms with van der Waals surface area (Å²) in [6, 6.07) is 0. The number of methoxy groups -OCH3 is 1. The second kappa shape index (κ2) is 9.06. The van der Waals surface area contributed by atoms with Gasteiger partial charge in [0.2, 0.25) is 0 Å². The van der Waals surface area contributed by atoms with Crippen molar-refractivity contribution in [3.8, 4) is 0 Å². The van der Waals surface area contributed by atoms with E-state index >= 15 is 0 Å². The Bertz CT molecular complexity index is 431. The highest BCUT2D eigenvalue weighted by molar-refractivity contribution is 5.08. The summed E-state index contributed by atoms with van der Waals surface area (Å²) in [5.41, 5.74) is 0.480. The number of hydrogen-bond donors (Lipinski definition) is 6. The Balaban J connectivity index is 2.73. The van der Waals surface area contributed by atoms with E-state index in [1.165, 1.54) is 19.5 Å². The third-order valence-corrected chi connectivity index (χ3v) is 3.26. The van der Waals surface area contributed by atoms with Gasteiger partial charge in [0.15, 0.2) is 0 Å². The molecule has 0 aliphatic rings. The summed E-state index contributed by atoms with van der Waals surface area (Å²) < 4.78 is 5.04. The lowest BCUT2D eigenvalue weighted by molar-refractivity contribution is -0.0790. The first-order chi connectivity index (χ1) is 10.4. The molecule has 0 fully saturated rings. The van der Waals surface area contributed by atoms with Crippen LogP contribution in [0.2, 0.25) is 0 Å². The van der Waals surface area contributed by atoms with Crippen molar-refractivity contribution in [3.05, 3.63) is 23.8 Å². The van der Waals surface area contributed by atoms with Gasteiger partial charge in [-0.05, 0) is 0 Å². The number of rotatable bonds is 9. The minimum absolute atomic E-state index is 0.0282. The van der Waals surface area contributed by atoms with Crippen molar-refractivity contribution in [3.63, 3.8) is 0 Å². The van der Waals surface area contributed by atoms with Crippen LogP contribution in [0.4, 0.5) is 0 Å². The highest BCUT2D eigenvalue weighted by Crippen LogP contribution is 2.17. The predicted molar refractivity (Wildman–Crippen MR) is 73.7 cm³/mol. The molecule has 0 aliphatic heterocycles. The molecule has 1 rings (SSSR count). The fraction of sp³-hybridized carbons (Fsp3) is 0.692. The van der Waals surface area contributed by atoms with Gasteiger partial charge in [-0.15, -0.1) is 0 Å². The average molecular weight is 318 g/mol. The lowest BCUT2D eigenvalue weighted by atomic mass is 10.1. The predicted octanol–water partition coefficient (Wildman–Crippen LogP) is -2.87. The first kappa shape index (κ1) is 18.8. The zero-order valence-electron chi connectivity index (χ0n) is 12.1. The summed E-state index contributed by atoms with van der Waals surface area (Å²) in [6.45, 7) is -1.15. The van der Waals surface area contributed by atoms with Crippen LogP contribution >= 0.6 is 0 Å². The fourth-order valence-corrected chi connectivity index (χ4v) is 1.82. The summed E-state index contributed by atoms with van der Waals surface area (Å²) in [7, 11) is 1.39. The Labute approximate surface area is 127 Å². The molecule has 0 spiro atoms. The smallest absolute Gasteiger partial charge is 0.126 e. The number of nitrogens with zero attached hydrogens (tertiary/aromatic N) is 2. The largest absolute Gasteiger partial charge is 0.394 e. The molecule has 1 heterocycles. The number of aliphatic hydroxyl groups is 6. The van der Waals surface area contributed by atoms with Gasteiger partial charge in [0.25, 0.3) is 0 Å². The van der Waals surface area contributed by atoms with Crippen LogP contribution in [-0.4, -0.2) is 85.3 Å². The Morgan fingerprint density at radius 3 is 2.09 bits per heavy atom. The lowest BCUT2D eigenvalue weighted by Crippen LogP contribution is -2.35. The molecule has 0 aliphatic carbocycles. The van der Waals surface area contributed by atoms with Crippen molar-refractivity contribution in [1.29, 1.82) is 0 Å². The maximum atomic E-state index is 9.81. The molecule has 22 heavy (non-hydrogen) atoms. The molecule has 126 valence electrons. The van der Waals surface area contributed by atoms with Gasteiger partial charge in [0.05, 0.1) is 36.9 Å². The summed E-state index contributed by atoms with van der Waals surface area (Å²) in [5.74, 6) is 0. The topological polar surface area (TPSA) is 156 Å². The van der Waals surface area contributed by atoms with Crippen LogP contribution in [0.5, 0.6) is 0 Å². The maximum absolute atomic E-state index is 9.81. The molecule has 0 saturated carbocycles. The molecule has 1 aromatic rings. The standard InChI is InChI=1S/C13H22N2O7/c1-22-11(9(18)5-16)2-7-3-15-8(4-14-7)12(20)13(21)10(19)6-17/h3-4,9-13,16-21H,2,5-6H2,1H3/t9-,10-,11+,12-,13-/m1/s1. The molecule has 6 N–H and O–H groups in total. The number of aromatic nitrogens is 2. The minimum Gasteiger partial charge on any atom is -0.394 e. The molecular weight excluding hydrogens is 296 g/mol. The van der Waals surface area contributed by atoms with E-state index in [0.717, 1.165) is 0 Å². The zero-order valence-corrected chi connectivity index (χ0v) is 12.1. The molecule has 1 aromatic heterocycles. The molecule has 5 atom stereocenters. The molecule has 0 amide bonds. The van der Waals surface area contributed by atoms with Gasteiger partial charge in [-0.25, -0.2) is 0 Å². The van der Waals surface area contributed by atoms with E-state index in [1.54, 1.807) is 0 Å². The van der Waals surface area contributed by atoms with Gasteiger partial charge in [0, 0.05) is 19.7 Å². The van der Waals surface area contributed by atoms with E-state index in [-0.39, 0.29) is 12.1 Å². The van der Waals surface area contributed by atoms with Crippen LogP contribution in [0.1, 0.15) is 17.5 Å². The molecule has 0 unspecified atom stereocenters. The lowest BCUT2D eigenvalue weighted by Gasteiger charge is -2.21. The summed E-state index contributed by atoms with van der Waals surface area (Å²) >= 11 is 0. The van der Waals surface area contributed by atoms with Crippen molar-refractivity contribution >= 4 is 0 Å². The first-order valence-electron chi connectivity index (χ1n) is 6.72. The molecular formula is C13H22N2O7. The van der Waals surface area contributed by atoms with E-state index in [2.05, 4.69) is 9.97 Å². The van der Waals surface area contributed by atoms with E-state index in [1.807, 2.05) is 0 Å². The van der Waals surface area contributed by atoms with Crippen LogP contribution < -0.4 is 0 Å². The Morgan fingerprint density at radius 2 is 1.64 bits per heavy atom. The Morgan fingerprint density at radius 1 is 1.00 bits per heavy atom. The van der Waals surface area contributed by atoms with Crippen LogP contribution in [0.3, 0.4) is 0 Å². The van der Waals surface area contributed by atoms with E-state index in [4.69, 9.17) is 14.9 Å². The van der Waals surface area contributed by atoms with Crippen molar-refractivity contribution in [2.24, 2.45) is 0 Å². The molecule has 9 heteroatoms.